The molecule has 1 aliphatic heterocycles. The molecule has 0 amide bonds. The van der Waals surface area contributed by atoms with Crippen LogP contribution in [0.4, 0.5) is 0 Å². The highest BCUT2D eigenvalue weighted by Gasteiger charge is 2.28. The lowest BCUT2D eigenvalue weighted by Crippen LogP contribution is -2.50. The van der Waals surface area contributed by atoms with Crippen molar-refractivity contribution in [3.8, 4) is 5.75 Å². The van der Waals surface area contributed by atoms with Crippen LogP contribution in [0.1, 0.15) is 0 Å². The van der Waals surface area contributed by atoms with Gasteiger partial charge in [-0.1, -0.05) is 41.4 Å². The minimum absolute atomic E-state index is 0.0720. The lowest BCUT2D eigenvalue weighted by molar-refractivity contribution is 0.0569. The standard InChI is InChI=1S/C19H22Cl2N2O4S/c20-15-6-7-18(21)19(12-15)27-14-16(24)13-22-8-10-23(11-9-22)28(25,26)17-4-2-1-3-5-17/h1-7,12,16,24H,8-11,13-14H2. The van der Waals surface area contributed by atoms with Crippen LogP contribution in [0.25, 0.3) is 0 Å². The van der Waals surface area contributed by atoms with Gasteiger partial charge in [0.1, 0.15) is 18.5 Å². The second kappa shape index (κ2) is 9.43. The molecule has 1 N–H and O–H groups in total. The summed E-state index contributed by atoms with van der Waals surface area (Å²) in [5.74, 6) is 0.423. The maximum Gasteiger partial charge on any atom is 0.243 e. The van der Waals surface area contributed by atoms with E-state index in [1.54, 1.807) is 48.5 Å². The highest BCUT2D eigenvalue weighted by molar-refractivity contribution is 7.89. The van der Waals surface area contributed by atoms with Crippen molar-refractivity contribution in [2.75, 3.05) is 39.3 Å². The van der Waals surface area contributed by atoms with E-state index in [1.807, 2.05) is 4.90 Å². The molecule has 28 heavy (non-hydrogen) atoms. The zero-order valence-electron chi connectivity index (χ0n) is 15.2. The van der Waals surface area contributed by atoms with Gasteiger partial charge in [0.2, 0.25) is 10.0 Å². The van der Waals surface area contributed by atoms with Crippen LogP contribution >= 0.6 is 23.2 Å². The van der Waals surface area contributed by atoms with E-state index < -0.39 is 16.1 Å². The van der Waals surface area contributed by atoms with E-state index >= 15 is 0 Å². The summed E-state index contributed by atoms with van der Waals surface area (Å²) in [5, 5.41) is 11.2. The van der Waals surface area contributed by atoms with Crippen LogP contribution < -0.4 is 4.74 Å². The van der Waals surface area contributed by atoms with E-state index in [2.05, 4.69) is 0 Å². The van der Waals surface area contributed by atoms with Crippen molar-refractivity contribution in [1.82, 2.24) is 9.21 Å². The number of benzene rings is 2. The predicted molar refractivity (Wildman–Crippen MR) is 110 cm³/mol. The molecule has 0 saturated carbocycles. The fourth-order valence-corrected chi connectivity index (χ4v) is 4.80. The van der Waals surface area contributed by atoms with Crippen molar-refractivity contribution < 1.29 is 18.3 Å². The summed E-state index contributed by atoms with van der Waals surface area (Å²) in [6, 6.07) is 13.3. The summed E-state index contributed by atoms with van der Waals surface area (Å²) in [6.45, 7) is 2.30. The van der Waals surface area contributed by atoms with E-state index in [9.17, 15) is 13.5 Å². The zero-order valence-corrected chi connectivity index (χ0v) is 17.5. The third-order valence-electron chi connectivity index (χ3n) is 4.51. The van der Waals surface area contributed by atoms with Gasteiger partial charge in [-0.3, -0.25) is 4.90 Å². The molecule has 1 aliphatic rings. The third-order valence-corrected chi connectivity index (χ3v) is 6.97. The Morgan fingerprint density at radius 3 is 2.39 bits per heavy atom. The monoisotopic (exact) mass is 444 g/mol. The molecule has 1 heterocycles. The van der Waals surface area contributed by atoms with Crippen molar-refractivity contribution in [1.29, 1.82) is 0 Å². The Balaban J connectivity index is 1.48. The normalized spacial score (nSPS) is 17.4. The van der Waals surface area contributed by atoms with Crippen LogP contribution in [0.3, 0.4) is 0 Å². The molecule has 0 aliphatic carbocycles. The summed E-state index contributed by atoms with van der Waals surface area (Å²) in [7, 11) is -3.48. The molecule has 9 heteroatoms. The first-order valence-electron chi connectivity index (χ1n) is 8.90. The van der Waals surface area contributed by atoms with Gasteiger partial charge in [0.05, 0.1) is 9.92 Å². The average molecular weight is 445 g/mol. The Hall–Kier alpha value is -1.35. The highest BCUT2D eigenvalue weighted by atomic mass is 35.5. The summed E-state index contributed by atoms with van der Waals surface area (Å²) in [6.07, 6.45) is -0.729. The first-order chi connectivity index (χ1) is 13.4. The van der Waals surface area contributed by atoms with Gasteiger partial charge < -0.3 is 9.84 Å². The summed E-state index contributed by atoms with van der Waals surface area (Å²) in [5.41, 5.74) is 0. The largest absolute Gasteiger partial charge is 0.489 e. The zero-order chi connectivity index (χ0) is 20.1. The van der Waals surface area contributed by atoms with Gasteiger partial charge in [0.25, 0.3) is 0 Å². The molecule has 2 aromatic carbocycles. The topological polar surface area (TPSA) is 70.1 Å². The maximum atomic E-state index is 12.6. The maximum absolute atomic E-state index is 12.6. The molecule has 152 valence electrons. The lowest BCUT2D eigenvalue weighted by atomic mass is 10.3. The van der Waals surface area contributed by atoms with Crippen molar-refractivity contribution in [3.63, 3.8) is 0 Å². The average Bonchev–Trinajstić information content (AvgIpc) is 2.70. The minimum atomic E-state index is -3.48. The first-order valence-corrected chi connectivity index (χ1v) is 11.1. The number of ether oxygens (including phenoxy) is 1. The molecule has 1 atom stereocenters. The smallest absolute Gasteiger partial charge is 0.243 e. The molecule has 6 nitrogen and oxygen atoms in total. The molecule has 0 aromatic heterocycles. The fraction of sp³-hybridized carbons (Fsp3) is 0.368. The van der Waals surface area contributed by atoms with Gasteiger partial charge in [-0.15, -0.1) is 0 Å². The first kappa shape index (κ1) is 21.4. The number of sulfonamides is 1. The Bertz CT molecular complexity index is 888. The van der Waals surface area contributed by atoms with Crippen molar-refractivity contribution in [2.45, 2.75) is 11.0 Å². The number of rotatable bonds is 7. The number of piperazine rings is 1. The van der Waals surface area contributed by atoms with Gasteiger partial charge in [-0.25, -0.2) is 8.42 Å². The Labute approximate surface area is 175 Å². The third kappa shape index (κ3) is 5.37. The number of aliphatic hydroxyl groups excluding tert-OH is 1. The molecule has 0 radical (unpaired) electrons. The number of hydrogen-bond donors (Lipinski definition) is 1. The lowest BCUT2D eigenvalue weighted by Gasteiger charge is -2.34. The second-order valence-corrected chi connectivity index (χ2v) is 9.34. The Morgan fingerprint density at radius 2 is 1.71 bits per heavy atom. The molecule has 1 fully saturated rings. The van der Waals surface area contributed by atoms with Crippen LogP contribution in [0.15, 0.2) is 53.4 Å². The van der Waals surface area contributed by atoms with E-state index in [-0.39, 0.29) is 6.61 Å². The molecular formula is C19H22Cl2N2O4S. The molecule has 3 rings (SSSR count). The van der Waals surface area contributed by atoms with E-state index in [0.29, 0.717) is 53.4 Å². The molecule has 1 saturated heterocycles. The van der Waals surface area contributed by atoms with Crippen LogP contribution in [0.5, 0.6) is 5.75 Å². The number of hydrogen-bond acceptors (Lipinski definition) is 5. The Kier molecular flexibility index (Phi) is 7.20. The minimum Gasteiger partial charge on any atom is -0.489 e. The Morgan fingerprint density at radius 1 is 1.04 bits per heavy atom. The SMILES string of the molecule is O=S(=O)(c1ccccc1)N1CCN(CC(O)COc2cc(Cl)ccc2Cl)CC1. The second-order valence-electron chi connectivity index (χ2n) is 6.56. The number of halogens is 2. The predicted octanol–water partition coefficient (Wildman–Crippen LogP) is 2.74. The van der Waals surface area contributed by atoms with Gasteiger partial charge in [-0.05, 0) is 24.3 Å². The molecule has 0 spiro atoms. The van der Waals surface area contributed by atoms with E-state index in [1.165, 1.54) is 4.31 Å². The van der Waals surface area contributed by atoms with E-state index in [4.69, 9.17) is 27.9 Å². The van der Waals surface area contributed by atoms with Crippen molar-refractivity contribution in [2.24, 2.45) is 0 Å². The molecule has 0 bridgehead atoms. The van der Waals surface area contributed by atoms with Gasteiger partial charge in [0, 0.05) is 43.8 Å². The van der Waals surface area contributed by atoms with Gasteiger partial charge >= 0.3 is 0 Å². The molecule has 1 unspecified atom stereocenters. The van der Waals surface area contributed by atoms with Crippen LogP contribution in [0, 0.1) is 0 Å². The number of β-amino-alcohol motifs (C(OH)–C–C–N with tert-alkyl or cyclic N) is 1. The highest BCUT2D eigenvalue weighted by Crippen LogP contribution is 2.27. The summed E-state index contributed by atoms with van der Waals surface area (Å²) < 4.78 is 32.3. The van der Waals surface area contributed by atoms with E-state index in [0.717, 1.165) is 0 Å². The van der Waals surface area contributed by atoms with Crippen LogP contribution in [-0.2, 0) is 10.0 Å². The van der Waals surface area contributed by atoms with Crippen LogP contribution in [-0.4, -0.2) is 68.2 Å². The summed E-state index contributed by atoms with van der Waals surface area (Å²) >= 11 is 12.0. The molecule has 2 aromatic rings. The van der Waals surface area contributed by atoms with Gasteiger partial charge in [-0.2, -0.15) is 4.31 Å². The fourth-order valence-electron chi connectivity index (χ4n) is 3.02. The number of aliphatic hydroxyl groups is 1. The molecular weight excluding hydrogens is 423 g/mol. The van der Waals surface area contributed by atoms with Crippen LogP contribution in [0.2, 0.25) is 10.0 Å². The quantitative estimate of drug-likeness (QED) is 0.710. The summed E-state index contributed by atoms with van der Waals surface area (Å²) in [4.78, 5) is 2.32. The van der Waals surface area contributed by atoms with Gasteiger partial charge in [0.15, 0.2) is 0 Å². The van der Waals surface area contributed by atoms with Crippen molar-refractivity contribution in [3.05, 3.63) is 58.6 Å². The van der Waals surface area contributed by atoms with Crippen molar-refractivity contribution >= 4 is 33.2 Å². The number of nitrogens with zero attached hydrogens (tertiary/aromatic N) is 2.